The summed E-state index contributed by atoms with van der Waals surface area (Å²) in [5.41, 5.74) is 5.07. The molecule has 0 radical (unpaired) electrons. The lowest BCUT2D eigenvalue weighted by molar-refractivity contribution is -0.117. The number of carbonyl (C=O) groups excluding carboxylic acids is 1. The van der Waals surface area contributed by atoms with Crippen LogP contribution in [0.3, 0.4) is 0 Å². The van der Waals surface area contributed by atoms with Crippen molar-refractivity contribution in [2.24, 2.45) is 0 Å². The second kappa shape index (κ2) is 9.22. The highest BCUT2D eigenvalue weighted by Crippen LogP contribution is 2.24. The van der Waals surface area contributed by atoms with E-state index in [1.165, 1.54) is 11.6 Å². The molecule has 1 amide bonds. The number of aromatic nitrogens is 2. The van der Waals surface area contributed by atoms with Crippen LogP contribution in [0.15, 0.2) is 66.7 Å². The zero-order chi connectivity index (χ0) is 20.9. The predicted molar refractivity (Wildman–Crippen MR) is 120 cm³/mol. The van der Waals surface area contributed by atoms with Crippen LogP contribution in [-0.4, -0.2) is 25.6 Å². The van der Waals surface area contributed by atoms with Crippen molar-refractivity contribution in [2.75, 3.05) is 5.75 Å². The van der Waals surface area contributed by atoms with Crippen LogP contribution in [-0.2, 0) is 34.3 Å². The van der Waals surface area contributed by atoms with E-state index in [0.717, 1.165) is 28.9 Å². The van der Waals surface area contributed by atoms with Crippen LogP contribution >= 0.6 is 0 Å². The maximum Gasteiger partial charge on any atom is 0.244 e. The summed E-state index contributed by atoms with van der Waals surface area (Å²) >= 11 is 0. The van der Waals surface area contributed by atoms with E-state index in [2.05, 4.69) is 17.4 Å². The van der Waals surface area contributed by atoms with Crippen molar-refractivity contribution in [2.45, 2.75) is 31.7 Å². The summed E-state index contributed by atoms with van der Waals surface area (Å²) in [7, 11) is -0.881. The molecule has 1 unspecified atom stereocenters. The quantitative estimate of drug-likeness (QED) is 0.621. The van der Waals surface area contributed by atoms with Gasteiger partial charge in [0.15, 0.2) is 0 Å². The zero-order valence-corrected chi connectivity index (χ0v) is 17.8. The van der Waals surface area contributed by atoms with Crippen molar-refractivity contribution in [1.29, 1.82) is 0 Å². The van der Waals surface area contributed by atoms with Crippen molar-refractivity contribution >= 4 is 22.8 Å². The van der Waals surface area contributed by atoms with Gasteiger partial charge < -0.3 is 5.32 Å². The molecule has 0 saturated carbocycles. The maximum absolute atomic E-state index is 12.4. The molecule has 0 aliphatic carbocycles. The van der Waals surface area contributed by atoms with Crippen molar-refractivity contribution in [1.82, 2.24) is 15.1 Å². The van der Waals surface area contributed by atoms with Gasteiger partial charge in [0, 0.05) is 40.3 Å². The first-order valence-corrected chi connectivity index (χ1v) is 11.6. The number of amides is 1. The minimum Gasteiger partial charge on any atom is -0.346 e. The van der Waals surface area contributed by atoms with E-state index in [9.17, 15) is 9.00 Å². The molecule has 30 heavy (non-hydrogen) atoms. The molecule has 4 rings (SSSR count). The summed E-state index contributed by atoms with van der Waals surface area (Å²) in [6.45, 7) is 2.63. The molecular weight excluding hydrogens is 394 g/mol. The fraction of sp³-hybridized carbons (Fsp3) is 0.250. The average Bonchev–Trinajstić information content (AvgIpc) is 3.10. The first-order valence-electron chi connectivity index (χ1n) is 10.1. The molecule has 2 atom stereocenters. The van der Waals surface area contributed by atoms with Crippen molar-refractivity contribution in [3.05, 3.63) is 94.8 Å². The molecule has 154 valence electrons. The highest BCUT2D eigenvalue weighted by atomic mass is 32.2. The van der Waals surface area contributed by atoms with Gasteiger partial charge in [0.25, 0.3) is 0 Å². The van der Waals surface area contributed by atoms with E-state index in [-0.39, 0.29) is 11.9 Å². The lowest BCUT2D eigenvalue weighted by Gasteiger charge is -2.14. The Morgan fingerprint density at radius 3 is 2.60 bits per heavy atom. The first kappa shape index (κ1) is 20.3. The Kier molecular flexibility index (Phi) is 6.23. The molecule has 1 N–H and O–H groups in total. The number of nitrogens with zero attached hydrogens (tertiary/aromatic N) is 2. The normalized spacial score (nSPS) is 16.9. The molecule has 6 heteroatoms. The average molecular weight is 420 g/mol. The third kappa shape index (κ3) is 4.76. The SMILES string of the molecule is C[C@@H](NC(=O)C=Cc1nn(Cc2ccccc2)c2c1CS(=O)CC2)c1ccccc1. The Morgan fingerprint density at radius 2 is 1.87 bits per heavy atom. The highest BCUT2D eigenvalue weighted by molar-refractivity contribution is 7.84. The van der Waals surface area contributed by atoms with Crippen LogP contribution in [0, 0.1) is 0 Å². The highest BCUT2D eigenvalue weighted by Gasteiger charge is 2.23. The number of hydrogen-bond acceptors (Lipinski definition) is 3. The summed E-state index contributed by atoms with van der Waals surface area (Å²) in [6.07, 6.45) is 4.01. The van der Waals surface area contributed by atoms with Crippen LogP contribution in [0.2, 0.25) is 0 Å². The fourth-order valence-electron chi connectivity index (χ4n) is 3.70. The van der Waals surface area contributed by atoms with Gasteiger partial charge in [-0.05, 0) is 24.1 Å². The number of benzene rings is 2. The number of nitrogens with one attached hydrogen (secondary N) is 1. The molecule has 5 nitrogen and oxygen atoms in total. The van der Waals surface area contributed by atoms with Gasteiger partial charge in [0.05, 0.1) is 24.0 Å². The summed E-state index contributed by atoms with van der Waals surface area (Å²) < 4.78 is 14.1. The van der Waals surface area contributed by atoms with E-state index in [4.69, 9.17) is 5.10 Å². The van der Waals surface area contributed by atoms with Crippen LogP contribution < -0.4 is 5.32 Å². The molecule has 0 saturated heterocycles. The zero-order valence-electron chi connectivity index (χ0n) is 17.0. The Bertz CT molecular complexity index is 1070. The second-order valence-corrected chi connectivity index (χ2v) is 9.04. The minimum atomic E-state index is -0.881. The largest absolute Gasteiger partial charge is 0.346 e. The van der Waals surface area contributed by atoms with Gasteiger partial charge in [-0.2, -0.15) is 5.10 Å². The third-order valence-electron chi connectivity index (χ3n) is 5.30. The number of rotatable bonds is 6. The van der Waals surface area contributed by atoms with Gasteiger partial charge in [0.2, 0.25) is 5.91 Å². The van der Waals surface area contributed by atoms with Gasteiger partial charge in [-0.1, -0.05) is 60.7 Å². The van der Waals surface area contributed by atoms with Gasteiger partial charge >= 0.3 is 0 Å². The monoisotopic (exact) mass is 419 g/mol. The topological polar surface area (TPSA) is 64.0 Å². The Hall–Kier alpha value is -2.99. The minimum absolute atomic E-state index is 0.0830. The smallest absolute Gasteiger partial charge is 0.244 e. The second-order valence-electron chi connectivity index (χ2n) is 7.47. The summed E-state index contributed by atoms with van der Waals surface area (Å²) in [4.78, 5) is 12.4. The first-order chi connectivity index (χ1) is 14.6. The van der Waals surface area contributed by atoms with Gasteiger partial charge in [0.1, 0.15) is 0 Å². The van der Waals surface area contributed by atoms with E-state index in [1.54, 1.807) is 6.08 Å². The molecule has 0 bridgehead atoms. The standard InChI is InChI=1S/C24H25N3O2S/c1-18(20-10-6-3-7-11-20)25-24(28)13-12-22-21-17-30(29)15-14-23(21)27(26-22)16-19-8-4-2-5-9-19/h2-13,18H,14-17H2,1H3,(H,25,28)/t18-,30?/m1/s1. The fourth-order valence-corrected chi connectivity index (χ4v) is 4.90. The molecular formula is C24H25N3O2S. The molecule has 2 heterocycles. The lowest BCUT2D eigenvalue weighted by Crippen LogP contribution is -2.24. The Labute approximate surface area is 179 Å². The van der Waals surface area contributed by atoms with Gasteiger partial charge in [-0.3, -0.25) is 13.7 Å². The van der Waals surface area contributed by atoms with Crippen molar-refractivity contribution < 1.29 is 9.00 Å². The van der Waals surface area contributed by atoms with Gasteiger partial charge in [-0.15, -0.1) is 0 Å². The maximum atomic E-state index is 12.4. The number of hydrogen-bond donors (Lipinski definition) is 1. The van der Waals surface area contributed by atoms with Crippen molar-refractivity contribution in [3.8, 4) is 0 Å². The third-order valence-corrected chi connectivity index (χ3v) is 6.57. The van der Waals surface area contributed by atoms with Crippen LogP contribution in [0.4, 0.5) is 0 Å². The van der Waals surface area contributed by atoms with E-state index in [1.807, 2.05) is 60.1 Å². The summed E-state index contributed by atoms with van der Waals surface area (Å²) in [5.74, 6) is 0.979. The van der Waals surface area contributed by atoms with Gasteiger partial charge in [-0.25, -0.2) is 0 Å². The molecule has 3 aromatic rings. The Morgan fingerprint density at radius 1 is 1.17 bits per heavy atom. The Balaban J connectivity index is 1.53. The lowest BCUT2D eigenvalue weighted by atomic mass is 10.1. The number of fused-ring (bicyclic) bond motifs is 1. The molecule has 1 aliphatic heterocycles. The predicted octanol–water partition coefficient (Wildman–Crippen LogP) is 3.63. The van der Waals surface area contributed by atoms with Crippen molar-refractivity contribution in [3.63, 3.8) is 0 Å². The molecule has 0 spiro atoms. The summed E-state index contributed by atoms with van der Waals surface area (Å²) in [6, 6.07) is 19.9. The number of carbonyl (C=O) groups is 1. The van der Waals surface area contributed by atoms with E-state index >= 15 is 0 Å². The van der Waals surface area contributed by atoms with Crippen LogP contribution in [0.25, 0.3) is 6.08 Å². The molecule has 1 aliphatic rings. The summed E-state index contributed by atoms with van der Waals surface area (Å²) in [5, 5.41) is 7.73. The van der Waals surface area contributed by atoms with Crippen LogP contribution in [0.5, 0.6) is 0 Å². The molecule has 1 aromatic heterocycles. The molecule has 2 aromatic carbocycles. The van der Waals surface area contributed by atoms with Crippen LogP contribution in [0.1, 0.15) is 41.0 Å². The molecule has 0 fully saturated rings. The van der Waals surface area contributed by atoms with E-state index in [0.29, 0.717) is 18.1 Å². The van der Waals surface area contributed by atoms with E-state index < -0.39 is 10.8 Å².